The number of nitriles is 1. The summed E-state index contributed by atoms with van der Waals surface area (Å²) in [4.78, 5) is 0. The molecule has 0 saturated carbocycles. The maximum atomic E-state index is 13.5. The SMILES string of the molecule is COc1ccc(C2CC(C#N)CN2)cc1F. The third-order valence-electron chi connectivity index (χ3n) is 2.89. The molecule has 0 bridgehead atoms. The molecule has 0 aromatic heterocycles. The summed E-state index contributed by atoms with van der Waals surface area (Å²) < 4.78 is 18.3. The second-order valence-electron chi connectivity index (χ2n) is 3.92. The minimum absolute atomic E-state index is 0.0233. The number of methoxy groups -OCH3 is 1. The van der Waals surface area contributed by atoms with Crippen LogP contribution in [-0.2, 0) is 0 Å². The Hall–Kier alpha value is -1.60. The van der Waals surface area contributed by atoms with Crippen LogP contribution >= 0.6 is 0 Å². The zero-order valence-electron chi connectivity index (χ0n) is 9.03. The fraction of sp³-hybridized carbons (Fsp3) is 0.417. The first-order chi connectivity index (χ1) is 7.74. The zero-order chi connectivity index (χ0) is 11.5. The van der Waals surface area contributed by atoms with Crippen LogP contribution in [-0.4, -0.2) is 13.7 Å². The van der Waals surface area contributed by atoms with Crippen LogP contribution in [0.3, 0.4) is 0 Å². The first-order valence-electron chi connectivity index (χ1n) is 5.21. The normalized spacial score (nSPS) is 24.1. The van der Waals surface area contributed by atoms with Crippen molar-refractivity contribution < 1.29 is 9.13 Å². The molecule has 0 spiro atoms. The third kappa shape index (κ3) is 2.00. The van der Waals surface area contributed by atoms with Gasteiger partial charge in [-0.25, -0.2) is 4.39 Å². The summed E-state index contributed by atoms with van der Waals surface area (Å²) in [5.41, 5.74) is 0.871. The molecule has 3 nitrogen and oxygen atoms in total. The van der Waals surface area contributed by atoms with Crippen molar-refractivity contribution in [2.45, 2.75) is 12.5 Å². The molecular formula is C12H13FN2O. The Bertz CT molecular complexity index is 428. The molecule has 2 unspecified atom stereocenters. The predicted octanol–water partition coefficient (Wildman–Crippen LogP) is 2.01. The second-order valence-corrected chi connectivity index (χ2v) is 3.92. The fourth-order valence-electron chi connectivity index (χ4n) is 1.99. The summed E-state index contributed by atoms with van der Waals surface area (Å²) >= 11 is 0. The Morgan fingerprint density at radius 3 is 2.94 bits per heavy atom. The smallest absolute Gasteiger partial charge is 0.165 e. The van der Waals surface area contributed by atoms with E-state index < -0.39 is 0 Å². The largest absolute Gasteiger partial charge is 0.494 e. The van der Waals surface area contributed by atoms with E-state index in [1.807, 2.05) is 6.07 Å². The Morgan fingerprint density at radius 2 is 2.38 bits per heavy atom. The van der Waals surface area contributed by atoms with Crippen LogP contribution in [0.1, 0.15) is 18.0 Å². The van der Waals surface area contributed by atoms with E-state index >= 15 is 0 Å². The number of hydrogen-bond donors (Lipinski definition) is 1. The van der Waals surface area contributed by atoms with Crippen molar-refractivity contribution in [2.24, 2.45) is 5.92 Å². The highest BCUT2D eigenvalue weighted by molar-refractivity contribution is 5.31. The Balaban J connectivity index is 2.17. The van der Waals surface area contributed by atoms with Crippen molar-refractivity contribution in [3.05, 3.63) is 29.6 Å². The monoisotopic (exact) mass is 220 g/mol. The van der Waals surface area contributed by atoms with E-state index in [4.69, 9.17) is 10.00 Å². The molecule has 2 rings (SSSR count). The quantitative estimate of drug-likeness (QED) is 0.829. The number of hydrogen-bond acceptors (Lipinski definition) is 3. The van der Waals surface area contributed by atoms with E-state index in [2.05, 4.69) is 11.4 Å². The van der Waals surface area contributed by atoms with Gasteiger partial charge < -0.3 is 10.1 Å². The maximum absolute atomic E-state index is 13.5. The number of benzene rings is 1. The molecule has 1 aromatic rings. The van der Waals surface area contributed by atoms with Gasteiger partial charge in [0.15, 0.2) is 11.6 Å². The van der Waals surface area contributed by atoms with Crippen LogP contribution in [0.5, 0.6) is 5.75 Å². The molecule has 0 aliphatic carbocycles. The molecular weight excluding hydrogens is 207 g/mol. The topological polar surface area (TPSA) is 45.0 Å². The fourth-order valence-corrected chi connectivity index (χ4v) is 1.99. The van der Waals surface area contributed by atoms with Gasteiger partial charge in [0.05, 0.1) is 19.1 Å². The van der Waals surface area contributed by atoms with Crippen molar-refractivity contribution >= 4 is 0 Å². The molecule has 1 aliphatic rings. The van der Waals surface area contributed by atoms with Gasteiger partial charge >= 0.3 is 0 Å². The van der Waals surface area contributed by atoms with Crippen LogP contribution < -0.4 is 10.1 Å². The van der Waals surface area contributed by atoms with Crippen LogP contribution in [0.25, 0.3) is 0 Å². The van der Waals surface area contributed by atoms with Crippen LogP contribution in [0, 0.1) is 23.1 Å². The highest BCUT2D eigenvalue weighted by Gasteiger charge is 2.25. The lowest BCUT2D eigenvalue weighted by Gasteiger charge is -2.11. The van der Waals surface area contributed by atoms with Crippen molar-refractivity contribution in [3.63, 3.8) is 0 Å². The lowest BCUT2D eigenvalue weighted by Crippen LogP contribution is -2.13. The predicted molar refractivity (Wildman–Crippen MR) is 57.4 cm³/mol. The summed E-state index contributed by atoms with van der Waals surface area (Å²) in [7, 11) is 1.44. The molecule has 2 atom stereocenters. The molecule has 0 amide bonds. The summed E-state index contributed by atoms with van der Waals surface area (Å²) in [6.07, 6.45) is 0.738. The van der Waals surface area contributed by atoms with Crippen molar-refractivity contribution in [2.75, 3.05) is 13.7 Å². The molecule has 1 aliphatic heterocycles. The van der Waals surface area contributed by atoms with E-state index in [-0.39, 0.29) is 23.5 Å². The molecule has 0 radical (unpaired) electrons. The summed E-state index contributed by atoms with van der Waals surface area (Å²) in [6, 6.07) is 7.21. The van der Waals surface area contributed by atoms with Gasteiger partial charge in [-0.3, -0.25) is 0 Å². The second kappa shape index (κ2) is 4.50. The lowest BCUT2D eigenvalue weighted by molar-refractivity contribution is 0.385. The van der Waals surface area contributed by atoms with Gasteiger partial charge in [-0.2, -0.15) is 5.26 Å². The average molecular weight is 220 g/mol. The van der Waals surface area contributed by atoms with Gasteiger partial charge in [0, 0.05) is 12.6 Å². The molecule has 1 fully saturated rings. The maximum Gasteiger partial charge on any atom is 0.165 e. The van der Waals surface area contributed by atoms with Crippen molar-refractivity contribution in [1.29, 1.82) is 5.26 Å². The van der Waals surface area contributed by atoms with E-state index in [1.54, 1.807) is 6.07 Å². The average Bonchev–Trinajstić information content (AvgIpc) is 2.77. The Labute approximate surface area is 93.8 Å². The highest BCUT2D eigenvalue weighted by Crippen LogP contribution is 2.29. The van der Waals surface area contributed by atoms with Crippen LogP contribution in [0.2, 0.25) is 0 Å². The van der Waals surface area contributed by atoms with Gasteiger partial charge in [-0.15, -0.1) is 0 Å². The zero-order valence-corrected chi connectivity index (χ0v) is 9.03. The minimum atomic E-state index is -0.359. The molecule has 1 saturated heterocycles. The van der Waals surface area contributed by atoms with Gasteiger partial charge in [0.1, 0.15) is 0 Å². The lowest BCUT2D eigenvalue weighted by atomic mass is 10.0. The van der Waals surface area contributed by atoms with E-state index in [0.717, 1.165) is 12.0 Å². The first kappa shape index (κ1) is 10.9. The van der Waals surface area contributed by atoms with Crippen molar-refractivity contribution in [1.82, 2.24) is 5.32 Å². The number of halogens is 1. The van der Waals surface area contributed by atoms with Crippen LogP contribution in [0.4, 0.5) is 4.39 Å². The molecule has 84 valence electrons. The summed E-state index contributed by atoms with van der Waals surface area (Å²) in [5.74, 6) is -0.0871. The third-order valence-corrected chi connectivity index (χ3v) is 2.89. The number of nitrogens with one attached hydrogen (secondary N) is 1. The van der Waals surface area contributed by atoms with Gasteiger partial charge in [-0.1, -0.05) is 6.07 Å². The molecule has 4 heteroatoms. The van der Waals surface area contributed by atoms with Gasteiger partial charge in [0.2, 0.25) is 0 Å². The van der Waals surface area contributed by atoms with E-state index in [1.165, 1.54) is 13.2 Å². The van der Waals surface area contributed by atoms with E-state index in [0.29, 0.717) is 6.54 Å². The first-order valence-corrected chi connectivity index (χ1v) is 5.21. The molecule has 1 N–H and O–H groups in total. The van der Waals surface area contributed by atoms with Gasteiger partial charge in [0.25, 0.3) is 0 Å². The van der Waals surface area contributed by atoms with Gasteiger partial charge in [-0.05, 0) is 24.1 Å². The summed E-state index contributed by atoms with van der Waals surface area (Å²) in [6.45, 7) is 0.675. The number of rotatable bonds is 2. The number of nitrogens with zero attached hydrogens (tertiary/aromatic N) is 1. The molecule has 16 heavy (non-hydrogen) atoms. The van der Waals surface area contributed by atoms with E-state index in [9.17, 15) is 4.39 Å². The Morgan fingerprint density at radius 1 is 1.56 bits per heavy atom. The molecule has 1 heterocycles. The standard InChI is InChI=1S/C12H13FN2O/c1-16-12-3-2-9(5-10(12)13)11-4-8(6-14)7-15-11/h2-3,5,8,11,15H,4,7H2,1H3. The van der Waals surface area contributed by atoms with Crippen LogP contribution in [0.15, 0.2) is 18.2 Å². The minimum Gasteiger partial charge on any atom is -0.494 e. The highest BCUT2D eigenvalue weighted by atomic mass is 19.1. The Kier molecular flexibility index (Phi) is 3.07. The summed E-state index contributed by atoms with van der Waals surface area (Å²) in [5, 5.41) is 12.0. The van der Waals surface area contributed by atoms with Crippen molar-refractivity contribution in [3.8, 4) is 11.8 Å². The molecule has 1 aromatic carbocycles. The number of ether oxygens (including phenoxy) is 1.